The van der Waals surface area contributed by atoms with Crippen LogP contribution < -0.4 is 11.1 Å². The summed E-state index contributed by atoms with van der Waals surface area (Å²) in [6.07, 6.45) is 0. The second-order valence-electron chi connectivity index (χ2n) is 3.84. The van der Waals surface area contributed by atoms with E-state index in [2.05, 4.69) is 5.32 Å². The highest BCUT2D eigenvalue weighted by Crippen LogP contribution is 2.15. The van der Waals surface area contributed by atoms with Gasteiger partial charge in [0.2, 0.25) is 0 Å². The Kier molecular flexibility index (Phi) is 4.17. The molecular formula is C11H16F2N2. The van der Waals surface area contributed by atoms with Gasteiger partial charge in [-0.3, -0.25) is 0 Å². The molecule has 2 nitrogen and oxygen atoms in total. The summed E-state index contributed by atoms with van der Waals surface area (Å²) in [5.41, 5.74) is 5.96. The van der Waals surface area contributed by atoms with Gasteiger partial charge in [-0.15, -0.1) is 0 Å². The second-order valence-corrected chi connectivity index (χ2v) is 3.84. The fourth-order valence-electron chi connectivity index (χ4n) is 1.27. The van der Waals surface area contributed by atoms with Crippen LogP contribution in [0.5, 0.6) is 0 Å². The van der Waals surface area contributed by atoms with Crippen LogP contribution in [0.15, 0.2) is 18.2 Å². The minimum absolute atomic E-state index is 0.211. The molecular weight excluding hydrogens is 198 g/mol. The fourth-order valence-corrected chi connectivity index (χ4v) is 1.27. The van der Waals surface area contributed by atoms with E-state index in [-0.39, 0.29) is 11.6 Å². The summed E-state index contributed by atoms with van der Waals surface area (Å²) in [5, 5.41) is 3.08. The van der Waals surface area contributed by atoms with Crippen LogP contribution in [0.2, 0.25) is 0 Å². The Hall–Kier alpha value is -1.00. The smallest absolute Gasteiger partial charge is 0.128 e. The first-order valence-electron chi connectivity index (χ1n) is 4.94. The van der Waals surface area contributed by atoms with Crippen molar-refractivity contribution in [1.29, 1.82) is 0 Å². The highest BCUT2D eigenvalue weighted by molar-refractivity contribution is 5.22. The van der Waals surface area contributed by atoms with Gasteiger partial charge in [-0.1, -0.05) is 13.8 Å². The van der Waals surface area contributed by atoms with Crippen LogP contribution in [-0.2, 0) is 0 Å². The molecule has 0 aliphatic rings. The Morgan fingerprint density at radius 1 is 1.33 bits per heavy atom. The van der Waals surface area contributed by atoms with E-state index in [1.54, 1.807) is 0 Å². The maximum absolute atomic E-state index is 13.3. The molecule has 1 rings (SSSR count). The third-order valence-electron chi connectivity index (χ3n) is 2.10. The minimum atomic E-state index is -0.525. The number of hydrogen-bond donors (Lipinski definition) is 2. The molecule has 4 heteroatoms. The second kappa shape index (κ2) is 5.19. The zero-order valence-corrected chi connectivity index (χ0v) is 8.93. The largest absolute Gasteiger partial charge is 0.323 e. The van der Waals surface area contributed by atoms with E-state index in [1.807, 2.05) is 13.8 Å². The minimum Gasteiger partial charge on any atom is -0.323 e. The SMILES string of the molecule is CC(C)NCC(N)c1cc(F)ccc1F. The first-order valence-corrected chi connectivity index (χ1v) is 4.94. The molecule has 0 bridgehead atoms. The van der Waals surface area contributed by atoms with Crippen LogP contribution in [0.25, 0.3) is 0 Å². The molecule has 84 valence electrons. The molecule has 1 aromatic carbocycles. The number of halogens is 2. The van der Waals surface area contributed by atoms with Crippen molar-refractivity contribution in [2.75, 3.05) is 6.54 Å². The standard InChI is InChI=1S/C11H16F2N2/c1-7(2)15-6-11(14)9-5-8(12)3-4-10(9)13/h3-5,7,11,15H,6,14H2,1-2H3. The predicted molar refractivity (Wildman–Crippen MR) is 56.4 cm³/mol. The quantitative estimate of drug-likeness (QED) is 0.804. The topological polar surface area (TPSA) is 38.0 Å². The molecule has 0 saturated carbocycles. The van der Waals surface area contributed by atoms with E-state index in [0.29, 0.717) is 6.54 Å². The molecule has 3 N–H and O–H groups in total. The Morgan fingerprint density at radius 2 is 2.00 bits per heavy atom. The van der Waals surface area contributed by atoms with Crippen LogP contribution in [0.4, 0.5) is 8.78 Å². The maximum atomic E-state index is 13.3. The summed E-state index contributed by atoms with van der Waals surface area (Å²) in [5.74, 6) is -0.930. The van der Waals surface area contributed by atoms with Gasteiger partial charge < -0.3 is 11.1 Å². The normalized spacial score (nSPS) is 13.2. The maximum Gasteiger partial charge on any atom is 0.128 e. The molecule has 1 aromatic rings. The molecule has 0 heterocycles. The Morgan fingerprint density at radius 3 is 2.60 bits per heavy atom. The molecule has 0 aliphatic heterocycles. The lowest BCUT2D eigenvalue weighted by Gasteiger charge is -2.15. The zero-order chi connectivity index (χ0) is 11.4. The van der Waals surface area contributed by atoms with Crippen LogP contribution in [-0.4, -0.2) is 12.6 Å². The van der Waals surface area contributed by atoms with Crippen molar-refractivity contribution < 1.29 is 8.78 Å². The van der Waals surface area contributed by atoms with Gasteiger partial charge in [-0.05, 0) is 18.2 Å². The molecule has 15 heavy (non-hydrogen) atoms. The lowest BCUT2D eigenvalue weighted by atomic mass is 10.1. The lowest BCUT2D eigenvalue weighted by Crippen LogP contribution is -2.32. The van der Waals surface area contributed by atoms with Gasteiger partial charge in [-0.25, -0.2) is 8.78 Å². The van der Waals surface area contributed by atoms with Crippen molar-refractivity contribution in [3.63, 3.8) is 0 Å². The van der Waals surface area contributed by atoms with E-state index in [4.69, 9.17) is 5.73 Å². The first-order chi connectivity index (χ1) is 7.00. The molecule has 0 aliphatic carbocycles. The molecule has 0 spiro atoms. The Balaban J connectivity index is 2.72. The number of benzene rings is 1. The summed E-state index contributed by atoms with van der Waals surface area (Å²) in [7, 11) is 0. The highest BCUT2D eigenvalue weighted by Gasteiger charge is 2.12. The van der Waals surface area contributed by atoms with Crippen molar-refractivity contribution in [2.24, 2.45) is 5.73 Å². The number of nitrogens with one attached hydrogen (secondary N) is 1. The van der Waals surface area contributed by atoms with Crippen LogP contribution in [0.3, 0.4) is 0 Å². The van der Waals surface area contributed by atoms with Crippen molar-refractivity contribution in [1.82, 2.24) is 5.32 Å². The molecule has 0 saturated heterocycles. The number of rotatable bonds is 4. The van der Waals surface area contributed by atoms with Crippen molar-refractivity contribution in [3.8, 4) is 0 Å². The van der Waals surface area contributed by atoms with Gasteiger partial charge in [0.25, 0.3) is 0 Å². The summed E-state index contributed by atoms with van der Waals surface area (Å²) in [6, 6.07) is 3.07. The van der Waals surface area contributed by atoms with Crippen LogP contribution >= 0.6 is 0 Å². The van der Waals surface area contributed by atoms with Gasteiger partial charge in [-0.2, -0.15) is 0 Å². The van der Waals surface area contributed by atoms with E-state index in [1.165, 1.54) is 0 Å². The van der Waals surface area contributed by atoms with Crippen molar-refractivity contribution in [2.45, 2.75) is 25.9 Å². The fraction of sp³-hybridized carbons (Fsp3) is 0.455. The number of nitrogens with two attached hydrogens (primary N) is 1. The van der Waals surface area contributed by atoms with Gasteiger partial charge in [0.1, 0.15) is 11.6 Å². The Bertz CT molecular complexity index is 326. The summed E-state index contributed by atoms with van der Waals surface area (Å²) in [4.78, 5) is 0. The first kappa shape index (κ1) is 12.1. The summed E-state index contributed by atoms with van der Waals surface area (Å²) in [6.45, 7) is 4.36. The van der Waals surface area contributed by atoms with Crippen LogP contribution in [0.1, 0.15) is 25.5 Å². The van der Waals surface area contributed by atoms with E-state index in [0.717, 1.165) is 18.2 Å². The van der Waals surface area contributed by atoms with Gasteiger partial charge in [0, 0.05) is 24.2 Å². The monoisotopic (exact) mass is 214 g/mol. The summed E-state index contributed by atoms with van der Waals surface area (Å²) < 4.78 is 26.1. The van der Waals surface area contributed by atoms with Gasteiger partial charge in [0.05, 0.1) is 0 Å². The summed E-state index contributed by atoms with van der Waals surface area (Å²) >= 11 is 0. The lowest BCUT2D eigenvalue weighted by molar-refractivity contribution is 0.510. The van der Waals surface area contributed by atoms with Crippen molar-refractivity contribution >= 4 is 0 Å². The van der Waals surface area contributed by atoms with Crippen molar-refractivity contribution in [3.05, 3.63) is 35.4 Å². The third kappa shape index (κ3) is 3.57. The average Bonchev–Trinajstić information content (AvgIpc) is 2.18. The molecule has 1 unspecified atom stereocenters. The molecule has 0 aromatic heterocycles. The molecule has 1 atom stereocenters. The zero-order valence-electron chi connectivity index (χ0n) is 8.93. The molecule has 0 fully saturated rings. The molecule has 0 amide bonds. The van der Waals surface area contributed by atoms with E-state index in [9.17, 15) is 8.78 Å². The highest BCUT2D eigenvalue weighted by atomic mass is 19.1. The average molecular weight is 214 g/mol. The van der Waals surface area contributed by atoms with Gasteiger partial charge in [0.15, 0.2) is 0 Å². The van der Waals surface area contributed by atoms with E-state index >= 15 is 0 Å². The predicted octanol–water partition coefficient (Wildman–Crippen LogP) is 1.96. The number of hydrogen-bond acceptors (Lipinski definition) is 2. The third-order valence-corrected chi connectivity index (χ3v) is 2.10. The van der Waals surface area contributed by atoms with Gasteiger partial charge >= 0.3 is 0 Å². The molecule has 0 radical (unpaired) electrons. The Labute approximate surface area is 88.5 Å². The van der Waals surface area contributed by atoms with E-state index < -0.39 is 17.7 Å². The van der Waals surface area contributed by atoms with Crippen LogP contribution in [0, 0.1) is 11.6 Å².